The molecule has 1 aromatic carbocycles. The molecule has 1 N–H and O–H groups in total. The van der Waals surface area contributed by atoms with E-state index in [9.17, 15) is 9.59 Å². The zero-order valence-corrected chi connectivity index (χ0v) is 17.8. The Labute approximate surface area is 179 Å². The summed E-state index contributed by atoms with van der Waals surface area (Å²) in [4.78, 5) is 27.2. The van der Waals surface area contributed by atoms with Gasteiger partial charge in [-0.05, 0) is 43.9 Å². The van der Waals surface area contributed by atoms with Crippen molar-refractivity contribution >= 4 is 40.4 Å². The van der Waals surface area contributed by atoms with Gasteiger partial charge in [-0.2, -0.15) is 0 Å². The van der Waals surface area contributed by atoms with Crippen molar-refractivity contribution in [2.75, 3.05) is 18.4 Å². The number of hydrogen-bond acceptors (Lipinski definition) is 5. The van der Waals surface area contributed by atoms with Gasteiger partial charge >= 0.3 is 0 Å². The lowest BCUT2D eigenvalue weighted by Gasteiger charge is -2.34. The van der Waals surface area contributed by atoms with Crippen molar-refractivity contribution in [1.29, 1.82) is 0 Å². The Hall–Kier alpha value is -1.99. The van der Waals surface area contributed by atoms with E-state index >= 15 is 0 Å². The van der Waals surface area contributed by atoms with Gasteiger partial charge in [-0.15, -0.1) is 10.2 Å². The van der Waals surface area contributed by atoms with E-state index in [2.05, 4.69) is 15.5 Å². The molecule has 0 spiro atoms. The Balaban J connectivity index is 1.32. The molecule has 2 aliphatic rings. The number of nitrogens with one attached hydrogen (secondary N) is 1. The highest BCUT2D eigenvalue weighted by atomic mass is 35.5. The molecule has 2 amide bonds. The first-order chi connectivity index (χ1) is 14.1. The SMILES string of the molecule is O=C(Nc1cccc(Cl)c1)c1nnc(C2CCN(C(=O)C3CCCCC3)CC2)s1. The average Bonchev–Trinajstić information content (AvgIpc) is 3.24. The summed E-state index contributed by atoms with van der Waals surface area (Å²) in [5, 5.41) is 12.9. The molecule has 1 aliphatic carbocycles. The molecule has 154 valence electrons. The van der Waals surface area contributed by atoms with Crippen LogP contribution in [0.15, 0.2) is 24.3 Å². The molecule has 2 aromatic rings. The fourth-order valence-corrected chi connectivity index (χ4v) is 5.29. The summed E-state index contributed by atoms with van der Waals surface area (Å²) < 4.78 is 0. The molecule has 4 rings (SSSR count). The Morgan fingerprint density at radius 3 is 2.55 bits per heavy atom. The van der Waals surface area contributed by atoms with E-state index < -0.39 is 0 Å². The van der Waals surface area contributed by atoms with Crippen LogP contribution >= 0.6 is 22.9 Å². The first-order valence-corrected chi connectivity index (χ1v) is 11.5. The molecule has 1 saturated heterocycles. The van der Waals surface area contributed by atoms with E-state index in [-0.39, 0.29) is 17.7 Å². The number of anilines is 1. The monoisotopic (exact) mass is 432 g/mol. The molecule has 1 aromatic heterocycles. The zero-order valence-electron chi connectivity index (χ0n) is 16.3. The normalized spacial score (nSPS) is 18.6. The molecule has 2 fully saturated rings. The summed E-state index contributed by atoms with van der Waals surface area (Å²) in [6.45, 7) is 1.53. The minimum atomic E-state index is -0.277. The second-order valence-electron chi connectivity index (χ2n) is 7.84. The minimum Gasteiger partial charge on any atom is -0.342 e. The van der Waals surface area contributed by atoms with Crippen molar-refractivity contribution in [1.82, 2.24) is 15.1 Å². The fraction of sp³-hybridized carbons (Fsp3) is 0.524. The standard InChI is InChI=1S/C21H25ClN4O2S/c22-16-7-4-8-17(13-16)23-18(27)20-25-24-19(29-20)14-9-11-26(12-10-14)21(28)15-5-2-1-3-6-15/h4,7-8,13-15H,1-3,5-6,9-12H2,(H,23,27). The number of aromatic nitrogens is 2. The summed E-state index contributed by atoms with van der Waals surface area (Å²) in [5.41, 5.74) is 0.633. The zero-order chi connectivity index (χ0) is 20.2. The number of hydrogen-bond donors (Lipinski definition) is 1. The second kappa shape index (κ2) is 9.22. The van der Waals surface area contributed by atoms with Gasteiger partial charge in [-0.1, -0.05) is 48.3 Å². The van der Waals surface area contributed by atoms with Crippen LogP contribution in [0, 0.1) is 5.92 Å². The smallest absolute Gasteiger partial charge is 0.286 e. The van der Waals surface area contributed by atoms with Crippen molar-refractivity contribution in [3.63, 3.8) is 0 Å². The maximum Gasteiger partial charge on any atom is 0.286 e. The Morgan fingerprint density at radius 2 is 1.83 bits per heavy atom. The first-order valence-electron chi connectivity index (χ1n) is 10.3. The summed E-state index contributed by atoms with van der Waals surface area (Å²) in [6.07, 6.45) is 7.46. The van der Waals surface area contributed by atoms with Crippen molar-refractivity contribution in [2.45, 2.75) is 50.9 Å². The number of carbonyl (C=O) groups excluding carboxylic acids is 2. The number of rotatable bonds is 4. The molecule has 0 atom stereocenters. The molecule has 1 saturated carbocycles. The van der Waals surface area contributed by atoms with Gasteiger partial charge in [0.2, 0.25) is 10.9 Å². The van der Waals surface area contributed by atoms with Gasteiger partial charge < -0.3 is 10.2 Å². The Morgan fingerprint density at radius 1 is 1.07 bits per heavy atom. The van der Waals surface area contributed by atoms with Gasteiger partial charge in [0.25, 0.3) is 5.91 Å². The third kappa shape index (κ3) is 4.95. The van der Waals surface area contributed by atoms with Crippen LogP contribution in [0.2, 0.25) is 5.02 Å². The molecule has 0 radical (unpaired) electrons. The highest BCUT2D eigenvalue weighted by Crippen LogP contribution is 2.32. The van der Waals surface area contributed by atoms with E-state index in [1.807, 2.05) is 4.90 Å². The molecule has 0 bridgehead atoms. The number of halogens is 1. The number of benzene rings is 1. The number of amides is 2. The maximum absolute atomic E-state index is 12.7. The lowest BCUT2D eigenvalue weighted by Crippen LogP contribution is -2.41. The van der Waals surface area contributed by atoms with E-state index in [4.69, 9.17) is 11.6 Å². The van der Waals surface area contributed by atoms with Crippen LogP contribution in [0.1, 0.15) is 65.7 Å². The van der Waals surface area contributed by atoms with Gasteiger partial charge in [-0.25, -0.2) is 0 Å². The summed E-state index contributed by atoms with van der Waals surface area (Å²) in [5.74, 6) is 0.544. The van der Waals surface area contributed by atoms with Crippen molar-refractivity contribution in [3.8, 4) is 0 Å². The fourth-order valence-electron chi connectivity index (χ4n) is 4.20. The largest absolute Gasteiger partial charge is 0.342 e. The molecular formula is C21H25ClN4O2S. The predicted molar refractivity (Wildman–Crippen MR) is 114 cm³/mol. The van der Waals surface area contributed by atoms with Crippen LogP contribution in [-0.4, -0.2) is 40.0 Å². The predicted octanol–water partition coefficient (Wildman–Crippen LogP) is 4.73. The highest BCUT2D eigenvalue weighted by molar-refractivity contribution is 7.13. The summed E-state index contributed by atoms with van der Waals surface area (Å²) in [6, 6.07) is 7.02. The highest BCUT2D eigenvalue weighted by Gasteiger charge is 2.31. The van der Waals surface area contributed by atoms with Crippen molar-refractivity contribution in [2.24, 2.45) is 5.92 Å². The van der Waals surface area contributed by atoms with Crippen molar-refractivity contribution in [3.05, 3.63) is 39.3 Å². The summed E-state index contributed by atoms with van der Waals surface area (Å²) in [7, 11) is 0. The van der Waals surface area contributed by atoms with Crippen LogP contribution in [0.4, 0.5) is 5.69 Å². The number of nitrogens with zero attached hydrogens (tertiary/aromatic N) is 3. The minimum absolute atomic E-state index is 0.226. The molecular weight excluding hydrogens is 408 g/mol. The van der Waals surface area contributed by atoms with Gasteiger partial charge in [-0.3, -0.25) is 9.59 Å². The first kappa shape index (κ1) is 20.3. The third-order valence-electron chi connectivity index (χ3n) is 5.83. The van der Waals surface area contributed by atoms with Crippen LogP contribution in [0.25, 0.3) is 0 Å². The van der Waals surface area contributed by atoms with Crippen LogP contribution < -0.4 is 5.32 Å². The lowest BCUT2D eigenvalue weighted by atomic mass is 9.87. The van der Waals surface area contributed by atoms with E-state index in [0.29, 0.717) is 21.6 Å². The lowest BCUT2D eigenvalue weighted by molar-refractivity contribution is -0.137. The average molecular weight is 433 g/mol. The van der Waals surface area contributed by atoms with E-state index in [0.717, 1.165) is 43.8 Å². The molecule has 29 heavy (non-hydrogen) atoms. The third-order valence-corrected chi connectivity index (χ3v) is 7.15. The topological polar surface area (TPSA) is 75.2 Å². The van der Waals surface area contributed by atoms with Gasteiger partial charge in [0.05, 0.1) is 0 Å². The molecule has 8 heteroatoms. The second-order valence-corrected chi connectivity index (χ2v) is 9.29. The van der Waals surface area contributed by atoms with Gasteiger partial charge in [0.1, 0.15) is 5.01 Å². The maximum atomic E-state index is 12.7. The van der Waals surface area contributed by atoms with Crippen LogP contribution in [0.5, 0.6) is 0 Å². The summed E-state index contributed by atoms with van der Waals surface area (Å²) >= 11 is 7.30. The number of likely N-dealkylation sites (tertiary alicyclic amines) is 1. The van der Waals surface area contributed by atoms with Gasteiger partial charge in [0, 0.05) is 35.6 Å². The molecule has 1 aliphatic heterocycles. The van der Waals surface area contributed by atoms with Crippen molar-refractivity contribution < 1.29 is 9.59 Å². The van der Waals surface area contributed by atoms with E-state index in [1.165, 1.54) is 30.6 Å². The Kier molecular flexibility index (Phi) is 6.45. The Bertz CT molecular complexity index is 873. The van der Waals surface area contributed by atoms with Gasteiger partial charge in [0.15, 0.2) is 0 Å². The van der Waals surface area contributed by atoms with Crippen LogP contribution in [-0.2, 0) is 4.79 Å². The molecule has 2 heterocycles. The van der Waals surface area contributed by atoms with Crippen LogP contribution in [0.3, 0.4) is 0 Å². The number of carbonyl (C=O) groups is 2. The van der Waals surface area contributed by atoms with E-state index in [1.54, 1.807) is 24.3 Å². The molecule has 0 unspecified atom stereocenters. The number of piperidine rings is 1. The molecule has 6 nitrogen and oxygen atoms in total. The quantitative estimate of drug-likeness (QED) is 0.757.